The molecule has 3 N–H and O–H groups in total. The van der Waals surface area contributed by atoms with Crippen molar-refractivity contribution in [2.24, 2.45) is 0 Å². The quantitative estimate of drug-likeness (QED) is 0.0228. The van der Waals surface area contributed by atoms with Gasteiger partial charge in [0.05, 0.1) is 6.61 Å². The topological polar surface area (TPSA) is 175 Å². The molecule has 12 nitrogen and oxygen atoms in total. The fourth-order valence-electron chi connectivity index (χ4n) is 9.39. The Kier molecular flexibility index (Phi) is 50.7. The predicted octanol–water partition coefficient (Wildman–Crippen LogP) is 16.9. The zero-order valence-corrected chi connectivity index (χ0v) is 50.1. The summed E-state index contributed by atoms with van der Waals surface area (Å²) in [7, 11) is 0. The van der Waals surface area contributed by atoms with E-state index in [0.29, 0.717) is 25.7 Å². The summed E-state index contributed by atoms with van der Waals surface area (Å²) >= 11 is 0. The lowest BCUT2D eigenvalue weighted by Crippen LogP contribution is -2.61. The number of rotatable bonds is 54. The SMILES string of the molecule is CC/C=C\C/C=C\C/C=C\C/C=C\CCCCC(=O)OC1C(OCC(COC(=O)CCCCCCCCCCCCCCCCCCCCC)OC(=O)CCCCCCC/C=C\C/C=C\CCCCC)OC(C(=O)O)C(O)C1O. The van der Waals surface area contributed by atoms with Gasteiger partial charge in [0.2, 0.25) is 0 Å². The van der Waals surface area contributed by atoms with E-state index in [1.807, 2.05) is 0 Å². The summed E-state index contributed by atoms with van der Waals surface area (Å²) in [5.74, 6) is -3.18. The van der Waals surface area contributed by atoms with Crippen LogP contribution in [0.5, 0.6) is 0 Å². The number of carbonyl (C=O) groups is 4. The standard InChI is InChI=1S/C67H114O12/c1-4-7-10-13-16-19-22-25-28-29-30-31-34-35-38-41-44-47-50-53-59(68)75-56-58(77-60(69)54-51-48-45-42-39-36-32-26-23-20-17-14-11-8-5-2)57-76-67-65(63(72)62(71)64(79-67)66(73)74)78-61(70)55-52-49-46-43-40-37-33-27-24-21-18-15-12-9-6-3/h9,12,17-18,20-21,26-27,32-33,40,43,58,62-65,67,71-72H,4-8,10-11,13-16,19,22-25,28-31,34-39,41-42,44-57H2,1-3H3,(H,73,74)/b12-9-,20-17-,21-18-,32-26-,33-27-,43-40-. The summed E-state index contributed by atoms with van der Waals surface area (Å²) in [5.41, 5.74) is 0. The number of hydrogen-bond donors (Lipinski definition) is 3. The van der Waals surface area contributed by atoms with Crippen LogP contribution in [0.4, 0.5) is 0 Å². The van der Waals surface area contributed by atoms with Crippen molar-refractivity contribution in [3.8, 4) is 0 Å². The highest BCUT2D eigenvalue weighted by Gasteiger charge is 2.50. The molecule has 0 aromatic carbocycles. The number of hydrogen-bond acceptors (Lipinski definition) is 11. The van der Waals surface area contributed by atoms with Crippen molar-refractivity contribution in [3.05, 3.63) is 72.9 Å². The number of ether oxygens (including phenoxy) is 5. The zero-order chi connectivity index (χ0) is 57.5. The van der Waals surface area contributed by atoms with E-state index < -0.39 is 67.3 Å². The van der Waals surface area contributed by atoms with Crippen molar-refractivity contribution in [2.45, 2.75) is 314 Å². The highest BCUT2D eigenvalue weighted by Crippen LogP contribution is 2.26. The highest BCUT2D eigenvalue weighted by atomic mass is 16.7. The van der Waals surface area contributed by atoms with Crippen LogP contribution in [-0.2, 0) is 42.9 Å². The Morgan fingerprint density at radius 2 is 0.797 bits per heavy atom. The van der Waals surface area contributed by atoms with E-state index in [4.69, 9.17) is 23.7 Å². The molecule has 0 radical (unpaired) electrons. The van der Waals surface area contributed by atoms with Crippen molar-refractivity contribution in [2.75, 3.05) is 13.2 Å². The second kappa shape index (κ2) is 54.7. The summed E-state index contributed by atoms with van der Waals surface area (Å²) in [4.78, 5) is 51.2. The number of unbranched alkanes of at least 4 members (excludes halogenated alkanes) is 28. The number of aliphatic hydroxyl groups is 2. The summed E-state index contributed by atoms with van der Waals surface area (Å²) in [6.45, 7) is 5.85. The maximum Gasteiger partial charge on any atom is 0.335 e. The third-order valence-electron chi connectivity index (χ3n) is 14.3. The fraction of sp³-hybridized carbons (Fsp3) is 0.761. The van der Waals surface area contributed by atoms with E-state index in [2.05, 4.69) is 93.7 Å². The number of allylic oxidation sites excluding steroid dienone is 12. The van der Waals surface area contributed by atoms with Crippen LogP contribution in [-0.4, -0.2) is 89.2 Å². The van der Waals surface area contributed by atoms with Crippen molar-refractivity contribution in [1.29, 1.82) is 0 Å². The Morgan fingerprint density at radius 1 is 0.430 bits per heavy atom. The lowest BCUT2D eigenvalue weighted by Gasteiger charge is -2.40. The molecular weight excluding hydrogens is 997 g/mol. The molecule has 12 heteroatoms. The van der Waals surface area contributed by atoms with Gasteiger partial charge in [0, 0.05) is 19.3 Å². The number of aliphatic carboxylic acids is 1. The van der Waals surface area contributed by atoms with Gasteiger partial charge >= 0.3 is 23.9 Å². The van der Waals surface area contributed by atoms with Gasteiger partial charge in [-0.1, -0.05) is 241 Å². The minimum atomic E-state index is -1.92. The van der Waals surface area contributed by atoms with E-state index in [9.17, 15) is 34.5 Å². The number of carbonyl (C=O) groups excluding carboxylic acids is 3. The van der Waals surface area contributed by atoms with E-state index in [1.54, 1.807) is 0 Å². The first kappa shape index (κ1) is 73.2. The molecule has 1 aliphatic rings. The minimum Gasteiger partial charge on any atom is -0.479 e. The summed E-state index contributed by atoms with van der Waals surface area (Å²) in [6.07, 6.45) is 57.3. The minimum absolute atomic E-state index is 0.00574. The largest absolute Gasteiger partial charge is 0.479 e. The number of esters is 3. The van der Waals surface area contributed by atoms with Crippen LogP contribution in [0, 0.1) is 0 Å². The number of carboxylic acid groups (broad SMARTS) is 1. The molecule has 0 spiro atoms. The van der Waals surface area contributed by atoms with Crippen LogP contribution in [0.15, 0.2) is 72.9 Å². The molecule has 0 bridgehead atoms. The van der Waals surface area contributed by atoms with Crippen LogP contribution >= 0.6 is 0 Å². The van der Waals surface area contributed by atoms with Gasteiger partial charge in [-0.25, -0.2) is 4.79 Å². The third-order valence-corrected chi connectivity index (χ3v) is 14.3. The Morgan fingerprint density at radius 3 is 1.27 bits per heavy atom. The van der Waals surface area contributed by atoms with Crippen LogP contribution in [0.1, 0.15) is 278 Å². The smallest absolute Gasteiger partial charge is 0.335 e. The van der Waals surface area contributed by atoms with Crippen molar-refractivity contribution in [1.82, 2.24) is 0 Å². The molecule has 0 saturated carbocycles. The Balaban J connectivity index is 2.68. The molecule has 1 saturated heterocycles. The van der Waals surface area contributed by atoms with Gasteiger partial charge in [-0.05, 0) is 89.9 Å². The maximum absolute atomic E-state index is 13.2. The summed E-state index contributed by atoms with van der Waals surface area (Å²) < 4.78 is 28.5. The van der Waals surface area contributed by atoms with Gasteiger partial charge in [0.1, 0.15) is 18.8 Å². The predicted molar refractivity (Wildman–Crippen MR) is 322 cm³/mol. The van der Waals surface area contributed by atoms with E-state index in [-0.39, 0.29) is 25.9 Å². The first-order chi connectivity index (χ1) is 38.6. The lowest BCUT2D eigenvalue weighted by molar-refractivity contribution is -0.301. The summed E-state index contributed by atoms with van der Waals surface area (Å²) in [5, 5.41) is 31.5. The van der Waals surface area contributed by atoms with Gasteiger partial charge in [-0.2, -0.15) is 0 Å². The lowest BCUT2D eigenvalue weighted by atomic mass is 9.98. The highest BCUT2D eigenvalue weighted by molar-refractivity contribution is 5.74. The third kappa shape index (κ3) is 44.5. The zero-order valence-electron chi connectivity index (χ0n) is 50.1. The van der Waals surface area contributed by atoms with Gasteiger partial charge in [0.25, 0.3) is 0 Å². The second-order valence-electron chi connectivity index (χ2n) is 21.7. The molecular formula is C67H114O12. The Hall–Kier alpha value is -3.84. The summed E-state index contributed by atoms with van der Waals surface area (Å²) in [6, 6.07) is 0. The van der Waals surface area contributed by atoms with E-state index in [0.717, 1.165) is 96.3 Å². The fourth-order valence-corrected chi connectivity index (χ4v) is 9.39. The Bertz CT molecular complexity index is 1650. The van der Waals surface area contributed by atoms with Crippen molar-refractivity contribution < 1.29 is 58.2 Å². The van der Waals surface area contributed by atoms with Gasteiger partial charge in [-0.3, -0.25) is 14.4 Å². The van der Waals surface area contributed by atoms with Crippen LogP contribution in [0.25, 0.3) is 0 Å². The molecule has 454 valence electrons. The van der Waals surface area contributed by atoms with Crippen LogP contribution in [0.3, 0.4) is 0 Å². The van der Waals surface area contributed by atoms with E-state index >= 15 is 0 Å². The maximum atomic E-state index is 13.2. The molecule has 0 aromatic heterocycles. The average Bonchev–Trinajstić information content (AvgIpc) is 3.44. The second-order valence-corrected chi connectivity index (χ2v) is 21.7. The van der Waals surface area contributed by atoms with Crippen LogP contribution < -0.4 is 0 Å². The van der Waals surface area contributed by atoms with Crippen molar-refractivity contribution >= 4 is 23.9 Å². The monoisotopic (exact) mass is 1110 g/mol. The van der Waals surface area contributed by atoms with Gasteiger partial charge < -0.3 is 39.0 Å². The molecule has 0 amide bonds. The van der Waals surface area contributed by atoms with Gasteiger partial charge in [0.15, 0.2) is 24.6 Å². The number of carboxylic acids is 1. The molecule has 1 fully saturated rings. The molecule has 6 atom stereocenters. The molecule has 79 heavy (non-hydrogen) atoms. The van der Waals surface area contributed by atoms with Crippen molar-refractivity contribution in [3.63, 3.8) is 0 Å². The molecule has 1 aliphatic heterocycles. The first-order valence-electron chi connectivity index (χ1n) is 31.9. The van der Waals surface area contributed by atoms with Crippen LogP contribution in [0.2, 0.25) is 0 Å². The molecule has 1 heterocycles. The molecule has 0 aliphatic carbocycles. The van der Waals surface area contributed by atoms with E-state index in [1.165, 1.54) is 116 Å². The Labute approximate surface area is 480 Å². The van der Waals surface area contributed by atoms with Gasteiger partial charge in [-0.15, -0.1) is 0 Å². The normalized spacial score (nSPS) is 18.3. The number of aliphatic hydroxyl groups excluding tert-OH is 2. The average molecular weight is 1110 g/mol. The molecule has 6 unspecified atom stereocenters. The first-order valence-corrected chi connectivity index (χ1v) is 31.9. The molecule has 1 rings (SSSR count). The molecule has 0 aromatic rings.